The predicted octanol–water partition coefficient (Wildman–Crippen LogP) is 5.63. The zero-order valence-electron chi connectivity index (χ0n) is 14.3. The standard InChI is InChI=1S/C23H16FNO2/c24-19-5-1-3-16(11-19)18-13-22(15-7-9-20(26)10-8-15)25-23(14-18)17-4-2-6-21(27)12-17/h1-14,26-27H. The van der Waals surface area contributed by atoms with E-state index in [2.05, 4.69) is 0 Å². The molecule has 4 heteroatoms. The predicted molar refractivity (Wildman–Crippen MR) is 104 cm³/mol. The number of hydrogen-bond acceptors (Lipinski definition) is 3. The van der Waals surface area contributed by atoms with E-state index in [-0.39, 0.29) is 17.3 Å². The van der Waals surface area contributed by atoms with Gasteiger partial charge in [-0.3, -0.25) is 0 Å². The summed E-state index contributed by atoms with van der Waals surface area (Å²) in [6, 6.07) is 23.7. The molecule has 3 nitrogen and oxygen atoms in total. The maximum Gasteiger partial charge on any atom is 0.123 e. The van der Waals surface area contributed by atoms with Crippen LogP contribution in [0.3, 0.4) is 0 Å². The fraction of sp³-hybridized carbons (Fsp3) is 0. The highest BCUT2D eigenvalue weighted by molar-refractivity contribution is 5.77. The first-order valence-electron chi connectivity index (χ1n) is 8.45. The van der Waals surface area contributed by atoms with Crippen LogP contribution in [0.2, 0.25) is 0 Å². The van der Waals surface area contributed by atoms with Crippen LogP contribution in [0.1, 0.15) is 0 Å². The molecule has 1 heterocycles. The minimum absolute atomic E-state index is 0.150. The topological polar surface area (TPSA) is 53.4 Å². The third-order valence-corrected chi connectivity index (χ3v) is 4.29. The number of halogens is 1. The maximum atomic E-state index is 13.7. The Kier molecular flexibility index (Phi) is 4.30. The summed E-state index contributed by atoms with van der Waals surface area (Å²) in [5, 5.41) is 19.3. The molecule has 2 N–H and O–H groups in total. The molecule has 0 atom stereocenters. The van der Waals surface area contributed by atoms with Crippen molar-refractivity contribution in [2.24, 2.45) is 0 Å². The monoisotopic (exact) mass is 357 g/mol. The number of nitrogens with zero attached hydrogens (tertiary/aromatic N) is 1. The summed E-state index contributed by atoms with van der Waals surface area (Å²) in [7, 11) is 0. The molecule has 0 bridgehead atoms. The molecule has 0 saturated heterocycles. The molecule has 0 aliphatic rings. The lowest BCUT2D eigenvalue weighted by molar-refractivity contribution is 0.475. The van der Waals surface area contributed by atoms with Gasteiger partial charge in [-0.15, -0.1) is 0 Å². The summed E-state index contributed by atoms with van der Waals surface area (Å²) >= 11 is 0. The number of phenols is 2. The van der Waals surface area contributed by atoms with Crippen molar-refractivity contribution >= 4 is 0 Å². The zero-order valence-corrected chi connectivity index (χ0v) is 14.3. The summed E-state index contributed by atoms with van der Waals surface area (Å²) in [4.78, 5) is 4.71. The molecule has 4 aromatic rings. The fourth-order valence-corrected chi connectivity index (χ4v) is 2.96. The molecule has 0 aliphatic carbocycles. The number of aromatic nitrogens is 1. The van der Waals surface area contributed by atoms with Crippen LogP contribution in [0.15, 0.2) is 84.9 Å². The van der Waals surface area contributed by atoms with Gasteiger partial charge in [0.1, 0.15) is 17.3 Å². The minimum Gasteiger partial charge on any atom is -0.508 e. The molecule has 27 heavy (non-hydrogen) atoms. The van der Waals surface area contributed by atoms with Crippen LogP contribution in [0.25, 0.3) is 33.6 Å². The van der Waals surface area contributed by atoms with Gasteiger partial charge in [0.15, 0.2) is 0 Å². The smallest absolute Gasteiger partial charge is 0.123 e. The van der Waals surface area contributed by atoms with Crippen LogP contribution < -0.4 is 0 Å². The SMILES string of the molecule is Oc1ccc(-c2cc(-c3cccc(F)c3)cc(-c3cccc(O)c3)n2)cc1. The van der Waals surface area contributed by atoms with Gasteiger partial charge in [0.2, 0.25) is 0 Å². The summed E-state index contributed by atoms with van der Waals surface area (Å²) in [5.41, 5.74) is 4.48. The Bertz CT molecular complexity index is 1040. The van der Waals surface area contributed by atoms with E-state index >= 15 is 0 Å². The largest absolute Gasteiger partial charge is 0.508 e. The Morgan fingerprint density at radius 3 is 1.93 bits per heavy atom. The van der Waals surface area contributed by atoms with Gasteiger partial charge >= 0.3 is 0 Å². The van der Waals surface area contributed by atoms with Crippen LogP contribution in [0.4, 0.5) is 4.39 Å². The number of aromatic hydroxyl groups is 2. The second-order valence-electron chi connectivity index (χ2n) is 6.23. The van der Waals surface area contributed by atoms with Gasteiger partial charge in [0, 0.05) is 11.1 Å². The number of rotatable bonds is 3. The Balaban J connectivity index is 1.92. The summed E-state index contributed by atoms with van der Waals surface area (Å²) in [6.45, 7) is 0. The van der Waals surface area contributed by atoms with Crippen LogP contribution in [-0.2, 0) is 0 Å². The number of pyridine rings is 1. The molecule has 132 valence electrons. The number of phenolic OH excluding ortho intramolecular Hbond substituents is 2. The first-order chi connectivity index (χ1) is 13.1. The molecule has 1 aromatic heterocycles. The zero-order chi connectivity index (χ0) is 18.8. The molecule has 0 aliphatic heterocycles. The highest BCUT2D eigenvalue weighted by atomic mass is 19.1. The van der Waals surface area contributed by atoms with Crippen LogP contribution in [0, 0.1) is 5.82 Å². The van der Waals surface area contributed by atoms with E-state index < -0.39 is 0 Å². The van der Waals surface area contributed by atoms with Crippen molar-refractivity contribution in [1.29, 1.82) is 0 Å². The van der Waals surface area contributed by atoms with E-state index in [0.29, 0.717) is 11.4 Å². The lowest BCUT2D eigenvalue weighted by Gasteiger charge is -2.11. The Morgan fingerprint density at radius 2 is 1.22 bits per heavy atom. The lowest BCUT2D eigenvalue weighted by Crippen LogP contribution is -1.91. The Labute approximate surface area is 156 Å². The van der Waals surface area contributed by atoms with Gasteiger partial charge in [-0.2, -0.15) is 0 Å². The molecular formula is C23H16FNO2. The van der Waals surface area contributed by atoms with Crippen molar-refractivity contribution in [2.45, 2.75) is 0 Å². The van der Waals surface area contributed by atoms with Gasteiger partial charge in [0.05, 0.1) is 11.4 Å². The van der Waals surface area contributed by atoms with Crippen LogP contribution in [-0.4, -0.2) is 15.2 Å². The van der Waals surface area contributed by atoms with E-state index in [9.17, 15) is 14.6 Å². The summed E-state index contributed by atoms with van der Waals surface area (Å²) in [6.07, 6.45) is 0. The second-order valence-corrected chi connectivity index (χ2v) is 6.23. The fourth-order valence-electron chi connectivity index (χ4n) is 2.96. The third-order valence-electron chi connectivity index (χ3n) is 4.29. The molecule has 0 unspecified atom stereocenters. The van der Waals surface area contributed by atoms with Crippen molar-refractivity contribution in [3.8, 4) is 45.1 Å². The van der Waals surface area contributed by atoms with E-state index in [1.165, 1.54) is 12.1 Å². The second kappa shape index (κ2) is 6.92. The van der Waals surface area contributed by atoms with Gasteiger partial charge in [-0.05, 0) is 71.8 Å². The maximum absolute atomic E-state index is 13.7. The lowest BCUT2D eigenvalue weighted by atomic mass is 10.00. The van der Waals surface area contributed by atoms with E-state index in [0.717, 1.165) is 22.3 Å². The van der Waals surface area contributed by atoms with Gasteiger partial charge in [-0.1, -0.05) is 24.3 Å². The van der Waals surface area contributed by atoms with Gasteiger partial charge in [-0.25, -0.2) is 9.37 Å². The third kappa shape index (κ3) is 3.65. The van der Waals surface area contributed by atoms with Crippen molar-refractivity contribution in [2.75, 3.05) is 0 Å². The molecule has 0 spiro atoms. The van der Waals surface area contributed by atoms with Crippen molar-refractivity contribution in [1.82, 2.24) is 4.98 Å². The van der Waals surface area contributed by atoms with E-state index in [1.807, 2.05) is 24.3 Å². The molecule has 0 radical (unpaired) electrons. The van der Waals surface area contributed by atoms with Gasteiger partial charge in [0.25, 0.3) is 0 Å². The summed E-state index contributed by atoms with van der Waals surface area (Å²) < 4.78 is 13.7. The first-order valence-corrected chi connectivity index (χ1v) is 8.45. The van der Waals surface area contributed by atoms with Crippen LogP contribution >= 0.6 is 0 Å². The summed E-state index contributed by atoms with van der Waals surface area (Å²) in [5.74, 6) is 0.0132. The highest BCUT2D eigenvalue weighted by Crippen LogP contribution is 2.32. The normalized spacial score (nSPS) is 10.7. The molecule has 0 amide bonds. The van der Waals surface area contributed by atoms with Crippen molar-refractivity contribution < 1.29 is 14.6 Å². The highest BCUT2D eigenvalue weighted by Gasteiger charge is 2.10. The number of hydrogen-bond donors (Lipinski definition) is 2. The van der Waals surface area contributed by atoms with E-state index in [4.69, 9.17) is 4.98 Å². The van der Waals surface area contributed by atoms with E-state index in [1.54, 1.807) is 48.5 Å². The number of benzene rings is 3. The Morgan fingerprint density at radius 1 is 0.556 bits per heavy atom. The average Bonchev–Trinajstić information content (AvgIpc) is 2.68. The molecule has 0 fully saturated rings. The Hall–Kier alpha value is -3.66. The molecule has 4 rings (SSSR count). The van der Waals surface area contributed by atoms with Crippen LogP contribution in [0.5, 0.6) is 11.5 Å². The van der Waals surface area contributed by atoms with Gasteiger partial charge < -0.3 is 10.2 Å². The molecule has 3 aromatic carbocycles. The van der Waals surface area contributed by atoms with Crippen molar-refractivity contribution in [3.63, 3.8) is 0 Å². The quantitative estimate of drug-likeness (QED) is 0.499. The first kappa shape index (κ1) is 16.8. The molecular weight excluding hydrogens is 341 g/mol. The minimum atomic E-state index is -0.311. The molecule has 0 saturated carbocycles. The average molecular weight is 357 g/mol. The van der Waals surface area contributed by atoms with Crippen molar-refractivity contribution in [3.05, 3.63) is 90.7 Å².